The molecule has 4 aromatic rings. The number of fused-ring (bicyclic) bond motifs is 3. The van der Waals surface area contributed by atoms with E-state index in [-0.39, 0.29) is 23.9 Å². The Morgan fingerprint density at radius 2 is 1.51 bits per heavy atom. The second-order valence-corrected chi connectivity index (χ2v) is 10.1. The number of ketones is 1. The molecule has 0 fully saturated rings. The molecular weight excluding hydrogens is 548 g/mol. The Bertz CT molecular complexity index is 1720. The normalized spacial score (nSPS) is 16.2. The summed E-state index contributed by atoms with van der Waals surface area (Å²) in [6.45, 7) is 0.465. The molecule has 2 aliphatic rings. The molecule has 0 unspecified atom stereocenters. The number of methoxy groups -OCH3 is 3. The van der Waals surface area contributed by atoms with Crippen LogP contribution in [0.15, 0.2) is 84.6 Å². The summed E-state index contributed by atoms with van der Waals surface area (Å²) in [5.41, 5.74) is 3.58. The number of hydrogen-bond acceptors (Lipinski definition) is 8. The molecule has 1 atom stereocenters. The van der Waals surface area contributed by atoms with E-state index < -0.39 is 5.92 Å². The van der Waals surface area contributed by atoms with Gasteiger partial charge in [-0.2, -0.15) is 0 Å². The highest BCUT2D eigenvalue weighted by Gasteiger charge is 2.39. The van der Waals surface area contributed by atoms with Crippen LogP contribution in [0.1, 0.15) is 45.0 Å². The van der Waals surface area contributed by atoms with E-state index in [1.165, 1.54) is 26.9 Å². The molecule has 4 aromatic carbocycles. The molecule has 2 heterocycles. The predicted octanol–water partition coefficient (Wildman–Crippen LogP) is 6.39. The van der Waals surface area contributed by atoms with Crippen LogP contribution in [0, 0.1) is 0 Å². The Balaban J connectivity index is 1.36. The fourth-order valence-electron chi connectivity index (χ4n) is 5.50. The molecule has 8 nitrogen and oxygen atoms in total. The molecule has 0 aromatic heterocycles. The second-order valence-electron chi connectivity index (χ2n) is 10.1. The molecule has 0 saturated heterocycles. The van der Waals surface area contributed by atoms with E-state index in [2.05, 4.69) is 12.1 Å². The fourth-order valence-corrected chi connectivity index (χ4v) is 5.50. The van der Waals surface area contributed by atoms with Crippen LogP contribution in [0.2, 0.25) is 0 Å². The first-order valence-electron chi connectivity index (χ1n) is 13.9. The molecule has 0 bridgehead atoms. The third-order valence-corrected chi connectivity index (χ3v) is 7.59. The van der Waals surface area contributed by atoms with Crippen molar-refractivity contribution in [2.75, 3.05) is 27.9 Å². The topological polar surface area (TPSA) is 89.5 Å². The fraction of sp³-hybridized carbons (Fsp3) is 0.200. The lowest BCUT2D eigenvalue weighted by atomic mass is 9.84. The quantitative estimate of drug-likeness (QED) is 0.128. The third-order valence-electron chi connectivity index (χ3n) is 7.59. The predicted molar refractivity (Wildman–Crippen MR) is 160 cm³/mol. The van der Waals surface area contributed by atoms with Gasteiger partial charge in [-0.1, -0.05) is 48.5 Å². The minimum Gasteiger partial charge on any atom is -0.496 e. The van der Waals surface area contributed by atoms with E-state index in [4.69, 9.17) is 28.4 Å². The molecule has 0 saturated carbocycles. The molecule has 0 N–H and O–H groups in total. The van der Waals surface area contributed by atoms with Crippen LogP contribution in [0.4, 0.5) is 0 Å². The van der Waals surface area contributed by atoms with Crippen molar-refractivity contribution >= 4 is 17.8 Å². The van der Waals surface area contributed by atoms with Crippen molar-refractivity contribution < 1.29 is 38.0 Å². The summed E-state index contributed by atoms with van der Waals surface area (Å²) >= 11 is 0. The zero-order chi connectivity index (χ0) is 29.9. The molecule has 0 radical (unpaired) electrons. The van der Waals surface area contributed by atoms with Crippen LogP contribution in [0.3, 0.4) is 0 Å². The van der Waals surface area contributed by atoms with Crippen molar-refractivity contribution in [3.63, 3.8) is 0 Å². The number of allylic oxidation sites excluding steroid dienone is 1. The van der Waals surface area contributed by atoms with Crippen molar-refractivity contribution in [2.45, 2.75) is 18.8 Å². The van der Waals surface area contributed by atoms with Crippen molar-refractivity contribution in [1.82, 2.24) is 0 Å². The van der Waals surface area contributed by atoms with Crippen LogP contribution >= 0.6 is 0 Å². The average Bonchev–Trinajstić information content (AvgIpc) is 3.35. The van der Waals surface area contributed by atoms with E-state index in [1.54, 1.807) is 30.3 Å². The maximum Gasteiger partial charge on any atom is 0.312 e. The van der Waals surface area contributed by atoms with Gasteiger partial charge in [0.25, 0.3) is 0 Å². The molecule has 0 spiro atoms. The van der Waals surface area contributed by atoms with E-state index in [1.807, 2.05) is 42.5 Å². The van der Waals surface area contributed by atoms with Gasteiger partial charge in [0, 0.05) is 35.1 Å². The SMILES string of the molecule is COc1cc(OC)c(OC)cc1/C=C1\Oc2c(ccc3c2[C@H](c2ccccc2OCCc2ccccc2)CC(=O)O3)C1=O. The van der Waals surface area contributed by atoms with Gasteiger partial charge in [-0.15, -0.1) is 0 Å². The van der Waals surface area contributed by atoms with Crippen LogP contribution in [-0.4, -0.2) is 39.7 Å². The summed E-state index contributed by atoms with van der Waals surface area (Å²) in [5, 5.41) is 0. The lowest BCUT2D eigenvalue weighted by molar-refractivity contribution is -0.135. The molecule has 6 rings (SSSR count). The molecule has 43 heavy (non-hydrogen) atoms. The van der Waals surface area contributed by atoms with Gasteiger partial charge in [-0.25, -0.2) is 0 Å². The third kappa shape index (κ3) is 5.39. The lowest BCUT2D eigenvalue weighted by Crippen LogP contribution is -2.22. The maximum atomic E-state index is 13.6. The van der Waals surface area contributed by atoms with Crippen LogP contribution < -0.4 is 28.4 Å². The molecule has 2 aliphatic heterocycles. The molecule has 218 valence electrons. The number of para-hydroxylation sites is 1. The van der Waals surface area contributed by atoms with Gasteiger partial charge in [-0.05, 0) is 35.9 Å². The average molecular weight is 579 g/mol. The summed E-state index contributed by atoms with van der Waals surface area (Å²) in [6, 6.07) is 24.4. The summed E-state index contributed by atoms with van der Waals surface area (Å²) in [6.07, 6.45) is 2.42. The largest absolute Gasteiger partial charge is 0.496 e. The number of ether oxygens (including phenoxy) is 6. The number of carbonyl (C=O) groups is 2. The van der Waals surface area contributed by atoms with Crippen molar-refractivity contribution in [3.8, 4) is 34.5 Å². The highest BCUT2D eigenvalue weighted by Crippen LogP contribution is 2.50. The standard InChI is InChI=1S/C35H30O8/c1-38-28-20-30(40-3)29(39-2)17-22(28)18-31-34(37)24-13-14-27-33(35(24)43-31)25(19-32(36)42-27)23-11-7-8-12-26(23)41-16-15-21-9-5-4-6-10-21/h4-14,17-18,20,25H,15-16,19H2,1-3H3/b31-18-/t25-/m0/s1. The van der Waals surface area contributed by atoms with E-state index in [9.17, 15) is 9.59 Å². The van der Waals surface area contributed by atoms with E-state index in [0.29, 0.717) is 57.8 Å². The van der Waals surface area contributed by atoms with Gasteiger partial charge in [0.1, 0.15) is 23.0 Å². The first-order chi connectivity index (χ1) is 21.0. The van der Waals surface area contributed by atoms with Gasteiger partial charge in [0.15, 0.2) is 17.3 Å². The molecule has 8 heteroatoms. The van der Waals surface area contributed by atoms with E-state index in [0.717, 1.165) is 12.0 Å². The summed E-state index contributed by atoms with van der Waals surface area (Å²) in [4.78, 5) is 26.3. The first kappa shape index (κ1) is 27.9. The number of esters is 1. The summed E-state index contributed by atoms with van der Waals surface area (Å²) in [7, 11) is 4.60. The van der Waals surface area contributed by atoms with Gasteiger partial charge in [0.05, 0.1) is 39.9 Å². The maximum absolute atomic E-state index is 13.6. The molecule has 0 amide bonds. The Morgan fingerprint density at radius 3 is 2.28 bits per heavy atom. The summed E-state index contributed by atoms with van der Waals surface area (Å²) < 4.78 is 34.5. The highest BCUT2D eigenvalue weighted by molar-refractivity contribution is 6.15. The smallest absolute Gasteiger partial charge is 0.312 e. The monoisotopic (exact) mass is 578 g/mol. The zero-order valence-corrected chi connectivity index (χ0v) is 24.0. The minimum atomic E-state index is -0.443. The first-order valence-corrected chi connectivity index (χ1v) is 13.9. The van der Waals surface area contributed by atoms with Gasteiger partial charge < -0.3 is 28.4 Å². The van der Waals surface area contributed by atoms with Crippen molar-refractivity contribution in [1.29, 1.82) is 0 Å². The number of carbonyl (C=O) groups excluding carboxylic acids is 2. The number of Topliss-reactive ketones (excluding diaryl/α,β-unsaturated/α-hetero) is 1. The zero-order valence-electron chi connectivity index (χ0n) is 24.0. The van der Waals surface area contributed by atoms with Gasteiger partial charge in [-0.3, -0.25) is 9.59 Å². The Hall–Kier alpha value is -5.24. The van der Waals surface area contributed by atoms with Crippen molar-refractivity contribution in [3.05, 3.63) is 112 Å². The Kier molecular flexibility index (Phi) is 7.75. The number of hydrogen-bond donors (Lipinski definition) is 0. The van der Waals surface area contributed by atoms with E-state index >= 15 is 0 Å². The van der Waals surface area contributed by atoms with Gasteiger partial charge in [0.2, 0.25) is 5.78 Å². The highest BCUT2D eigenvalue weighted by atomic mass is 16.5. The minimum absolute atomic E-state index is 0.0720. The molecular formula is C35H30O8. The number of rotatable bonds is 9. The number of benzene rings is 4. The summed E-state index contributed by atoms with van der Waals surface area (Å²) in [5.74, 6) is 1.84. The Morgan fingerprint density at radius 1 is 0.791 bits per heavy atom. The lowest BCUT2D eigenvalue weighted by Gasteiger charge is -2.27. The van der Waals surface area contributed by atoms with Crippen molar-refractivity contribution in [2.24, 2.45) is 0 Å². The molecule has 0 aliphatic carbocycles. The van der Waals surface area contributed by atoms with Crippen LogP contribution in [0.5, 0.6) is 34.5 Å². The van der Waals surface area contributed by atoms with Crippen LogP contribution in [-0.2, 0) is 11.2 Å². The van der Waals surface area contributed by atoms with Gasteiger partial charge >= 0.3 is 5.97 Å². The van der Waals surface area contributed by atoms with Crippen LogP contribution in [0.25, 0.3) is 6.08 Å². The second kappa shape index (κ2) is 11.9. The Labute approximate surface area is 249 Å².